The molecule has 0 aromatic carbocycles. The van der Waals surface area contributed by atoms with Gasteiger partial charge in [0.25, 0.3) is 0 Å². The minimum absolute atomic E-state index is 0. The molecule has 0 aliphatic rings. The Labute approximate surface area is 475 Å². The molecule has 0 aliphatic carbocycles. The average molecular weight is 1080 g/mol. The van der Waals surface area contributed by atoms with Crippen molar-refractivity contribution >= 4 is 58.5 Å². The Morgan fingerprint density at radius 2 is 0.380 bits per heavy atom. The zero-order valence-corrected chi connectivity index (χ0v) is 52.0. The van der Waals surface area contributed by atoms with E-state index >= 15 is 0 Å². The Kier molecular flexibility index (Phi) is 66.4. The largest absolute Gasteiger partial charge is 2.00 e. The van der Waals surface area contributed by atoms with Gasteiger partial charge in [-0.25, -0.2) is 16.8 Å². The van der Waals surface area contributed by atoms with Crippen LogP contribution in [-0.2, 0) is 29.2 Å². The standard InChI is InChI=1S/2C30H62O4S.Ca/c2*1-3-5-7-9-11-13-14-15-16-17-18-20-22-24-26-28-30(29-34-35(31,32)33)27-25-23-21-19-12-10-8-6-4-2;/h2*30H,3-29H2,1-2H3,(H,31,32,33);/q;;+2/p-2. The molecule has 0 bridgehead atoms. The van der Waals surface area contributed by atoms with Crippen molar-refractivity contribution in [2.45, 2.75) is 362 Å². The van der Waals surface area contributed by atoms with Crippen molar-refractivity contribution in [3.8, 4) is 0 Å². The van der Waals surface area contributed by atoms with Crippen LogP contribution in [0.3, 0.4) is 0 Å². The maximum absolute atomic E-state index is 10.9. The zero-order chi connectivity index (χ0) is 51.8. The molecule has 0 rings (SSSR count). The third-order valence-corrected chi connectivity index (χ3v) is 15.6. The second-order valence-electron chi connectivity index (χ2n) is 21.8. The van der Waals surface area contributed by atoms with E-state index in [1.165, 1.54) is 283 Å². The van der Waals surface area contributed by atoms with Crippen LogP contribution in [0.5, 0.6) is 0 Å². The van der Waals surface area contributed by atoms with Gasteiger partial charge < -0.3 is 9.11 Å². The predicted octanol–water partition coefficient (Wildman–Crippen LogP) is 20.1. The van der Waals surface area contributed by atoms with Gasteiger partial charge in [0.1, 0.15) is 0 Å². The van der Waals surface area contributed by atoms with Crippen molar-refractivity contribution in [2.75, 3.05) is 13.2 Å². The van der Waals surface area contributed by atoms with Gasteiger partial charge in [-0.1, -0.05) is 336 Å². The first-order valence-electron chi connectivity index (χ1n) is 31.2. The SMILES string of the molecule is CCCCCCCCCCCCCCCCCC(CCCCCCCCCCC)COS(=O)(=O)[O-].CCCCCCCCCCCCCCCCCC(CCCCCCCCCCC)COS(=O)(=O)[O-].[Ca+2]. The van der Waals surface area contributed by atoms with E-state index in [2.05, 4.69) is 36.1 Å². The Balaban J connectivity index is -0.00000128. The van der Waals surface area contributed by atoms with Crippen LogP contribution in [0, 0.1) is 11.8 Å². The second kappa shape index (κ2) is 61.8. The molecule has 0 amide bonds. The first-order valence-corrected chi connectivity index (χ1v) is 33.9. The van der Waals surface area contributed by atoms with Crippen LogP contribution in [0.25, 0.3) is 0 Å². The van der Waals surface area contributed by atoms with Gasteiger partial charge in [-0.3, -0.25) is 8.37 Å². The summed E-state index contributed by atoms with van der Waals surface area (Å²) in [6, 6.07) is 0. The summed E-state index contributed by atoms with van der Waals surface area (Å²) >= 11 is 0. The van der Waals surface area contributed by atoms with E-state index in [4.69, 9.17) is 0 Å². The van der Waals surface area contributed by atoms with Crippen molar-refractivity contribution in [3.63, 3.8) is 0 Å². The molecule has 0 aromatic heterocycles. The quantitative estimate of drug-likeness (QED) is 0.0254. The minimum atomic E-state index is -4.58. The van der Waals surface area contributed by atoms with Crippen LogP contribution in [0.2, 0.25) is 0 Å². The molecular formula is C60H122CaO8S2. The molecule has 424 valence electrons. The van der Waals surface area contributed by atoms with E-state index in [0.717, 1.165) is 51.4 Å². The maximum atomic E-state index is 10.9. The number of hydrogen-bond donors (Lipinski definition) is 0. The summed E-state index contributed by atoms with van der Waals surface area (Å²) in [5.74, 6) is 0.399. The van der Waals surface area contributed by atoms with Crippen molar-refractivity contribution in [2.24, 2.45) is 11.8 Å². The summed E-state index contributed by atoms with van der Waals surface area (Å²) in [7, 11) is -9.16. The van der Waals surface area contributed by atoms with Crippen LogP contribution in [-0.4, -0.2) is 76.9 Å². The molecule has 71 heavy (non-hydrogen) atoms. The molecule has 0 radical (unpaired) electrons. The van der Waals surface area contributed by atoms with Gasteiger partial charge >= 0.3 is 37.7 Å². The molecule has 0 fully saturated rings. The van der Waals surface area contributed by atoms with Gasteiger partial charge in [-0.15, -0.1) is 0 Å². The van der Waals surface area contributed by atoms with E-state index in [1.54, 1.807) is 0 Å². The van der Waals surface area contributed by atoms with Crippen molar-refractivity contribution in [1.82, 2.24) is 0 Å². The summed E-state index contributed by atoms with van der Waals surface area (Å²) in [4.78, 5) is 0. The van der Waals surface area contributed by atoms with Gasteiger partial charge in [0.05, 0.1) is 13.2 Å². The van der Waals surface area contributed by atoms with E-state index in [-0.39, 0.29) is 62.8 Å². The normalized spacial score (nSPS) is 12.7. The molecule has 0 aromatic rings. The molecule has 0 aliphatic heterocycles. The molecular weight excluding hydrogens is 953 g/mol. The van der Waals surface area contributed by atoms with Crippen LogP contribution >= 0.6 is 0 Å². The van der Waals surface area contributed by atoms with Crippen molar-refractivity contribution < 1.29 is 34.3 Å². The molecule has 0 spiro atoms. The van der Waals surface area contributed by atoms with Crippen molar-refractivity contribution in [1.29, 1.82) is 0 Å². The fraction of sp³-hybridized carbons (Fsp3) is 1.00. The summed E-state index contributed by atoms with van der Waals surface area (Å²) in [6.45, 7) is 9.19. The fourth-order valence-corrected chi connectivity index (χ4v) is 10.8. The summed E-state index contributed by atoms with van der Waals surface area (Å²) in [6.07, 6.45) is 67.5. The number of rotatable bonds is 58. The van der Waals surface area contributed by atoms with Crippen LogP contribution in [0.15, 0.2) is 0 Å². The van der Waals surface area contributed by atoms with Crippen LogP contribution in [0.4, 0.5) is 0 Å². The first kappa shape index (κ1) is 76.2. The first-order chi connectivity index (χ1) is 34.0. The average Bonchev–Trinajstić information content (AvgIpc) is 3.32. The van der Waals surface area contributed by atoms with E-state index in [0.29, 0.717) is 0 Å². The molecule has 2 atom stereocenters. The van der Waals surface area contributed by atoms with Gasteiger partial charge in [-0.05, 0) is 37.5 Å². The smallest absolute Gasteiger partial charge is 0.726 e. The molecule has 0 heterocycles. The van der Waals surface area contributed by atoms with Gasteiger partial charge in [0.15, 0.2) is 0 Å². The van der Waals surface area contributed by atoms with E-state index in [1.807, 2.05) is 0 Å². The Bertz CT molecular complexity index is 1110. The van der Waals surface area contributed by atoms with Gasteiger partial charge in [0.2, 0.25) is 20.8 Å². The molecule has 0 N–H and O–H groups in total. The summed E-state index contributed by atoms with van der Waals surface area (Å²) in [5.41, 5.74) is 0. The van der Waals surface area contributed by atoms with Crippen molar-refractivity contribution in [3.05, 3.63) is 0 Å². The van der Waals surface area contributed by atoms with Gasteiger partial charge in [-0.2, -0.15) is 0 Å². The monoisotopic (exact) mass is 1070 g/mol. The molecule has 8 nitrogen and oxygen atoms in total. The molecule has 0 saturated heterocycles. The topological polar surface area (TPSA) is 133 Å². The molecule has 0 saturated carbocycles. The van der Waals surface area contributed by atoms with E-state index < -0.39 is 20.8 Å². The van der Waals surface area contributed by atoms with Crippen LogP contribution in [0.1, 0.15) is 362 Å². The predicted molar refractivity (Wildman–Crippen MR) is 307 cm³/mol. The fourth-order valence-electron chi connectivity index (χ4n) is 10.1. The third kappa shape index (κ3) is 71.0. The van der Waals surface area contributed by atoms with E-state index in [9.17, 15) is 25.9 Å². The number of unbranched alkanes of at least 4 members (excludes halogenated alkanes) is 44. The van der Waals surface area contributed by atoms with Crippen LogP contribution < -0.4 is 0 Å². The molecule has 11 heteroatoms. The Morgan fingerprint density at radius 1 is 0.254 bits per heavy atom. The number of hydrogen-bond acceptors (Lipinski definition) is 8. The minimum Gasteiger partial charge on any atom is -0.726 e. The van der Waals surface area contributed by atoms with Gasteiger partial charge in [0, 0.05) is 0 Å². The second-order valence-corrected chi connectivity index (χ2v) is 23.9. The molecule has 2 unspecified atom stereocenters. The Hall–Kier alpha value is 1.000. The summed E-state index contributed by atoms with van der Waals surface area (Å²) in [5, 5.41) is 0. The summed E-state index contributed by atoms with van der Waals surface area (Å²) < 4.78 is 74.6. The maximum Gasteiger partial charge on any atom is 2.00 e. The third-order valence-electron chi connectivity index (χ3n) is 14.8. The zero-order valence-electron chi connectivity index (χ0n) is 48.1. The Morgan fingerprint density at radius 3 is 0.507 bits per heavy atom.